The Morgan fingerprint density at radius 3 is 2.62 bits per heavy atom. The number of nitrogens with one attached hydrogen (secondary N) is 1. The summed E-state index contributed by atoms with van der Waals surface area (Å²) in [5.74, 6) is 2.59. The molecule has 0 unspecified atom stereocenters. The molecule has 7 heteroatoms. The highest BCUT2D eigenvalue weighted by atomic mass is 79.9. The zero-order chi connectivity index (χ0) is 18.1. The molecule has 3 N–H and O–H groups in total. The average molecular weight is 443 g/mol. The molecule has 2 rings (SSSR count). The van der Waals surface area contributed by atoms with Crippen LogP contribution in [-0.2, 0) is 0 Å². The normalized spacial score (nSPS) is 15.8. The number of halogens is 2. The number of nitrogens with zero attached hydrogens (tertiary/aromatic N) is 1. The summed E-state index contributed by atoms with van der Waals surface area (Å²) in [5, 5.41) is 2.66. The van der Waals surface area contributed by atoms with E-state index in [4.69, 9.17) is 16.9 Å². The molecule has 1 aliphatic rings. The van der Waals surface area contributed by atoms with Gasteiger partial charge in [-0.15, -0.1) is 18.8 Å². The van der Waals surface area contributed by atoms with Gasteiger partial charge >= 0.3 is 0 Å². The van der Waals surface area contributed by atoms with Gasteiger partial charge in [0.1, 0.15) is 12.4 Å². The SMILES string of the molecule is C#CCOc1ccc(Br)cc1C(=O)NC(N)=NC1CCCCCCC1.Cl. The Balaban J connectivity index is 0.00000338. The number of guanidine groups is 1. The van der Waals surface area contributed by atoms with E-state index in [1.807, 2.05) is 0 Å². The largest absolute Gasteiger partial charge is 0.480 e. The second-order valence-electron chi connectivity index (χ2n) is 6.10. The summed E-state index contributed by atoms with van der Waals surface area (Å²) >= 11 is 3.36. The Hall–Kier alpha value is -1.71. The van der Waals surface area contributed by atoms with Crippen LogP contribution in [0.4, 0.5) is 0 Å². The molecule has 1 amide bonds. The summed E-state index contributed by atoms with van der Waals surface area (Å²) < 4.78 is 6.19. The van der Waals surface area contributed by atoms with E-state index in [0.717, 1.165) is 30.2 Å². The fraction of sp³-hybridized carbons (Fsp3) is 0.474. The number of benzene rings is 1. The van der Waals surface area contributed by atoms with Gasteiger partial charge in [-0.1, -0.05) is 54.0 Å². The minimum atomic E-state index is -0.361. The van der Waals surface area contributed by atoms with Crippen molar-refractivity contribution in [3.63, 3.8) is 0 Å². The number of carbonyl (C=O) groups excluding carboxylic acids is 1. The van der Waals surface area contributed by atoms with Crippen molar-refractivity contribution in [3.05, 3.63) is 28.2 Å². The summed E-state index contributed by atoms with van der Waals surface area (Å²) in [6.07, 6.45) is 13.4. The first-order chi connectivity index (χ1) is 12.1. The number of ether oxygens (including phenoxy) is 1. The van der Waals surface area contributed by atoms with Crippen molar-refractivity contribution in [1.82, 2.24) is 5.32 Å². The molecule has 1 aromatic rings. The standard InChI is InChI=1S/C19H24BrN3O2.ClH/c1-2-12-25-17-11-10-14(20)13-16(17)18(24)23-19(21)22-15-8-6-4-3-5-7-9-15;/h1,10-11,13,15H,3-9,12H2,(H3,21,22,23,24);1H. The van der Waals surface area contributed by atoms with E-state index in [0.29, 0.717) is 11.3 Å². The number of carbonyl (C=O) groups is 1. The molecule has 5 nitrogen and oxygen atoms in total. The summed E-state index contributed by atoms with van der Waals surface area (Å²) in [5.41, 5.74) is 6.32. The maximum Gasteiger partial charge on any atom is 0.261 e. The van der Waals surface area contributed by atoms with Crippen molar-refractivity contribution in [3.8, 4) is 18.1 Å². The molecule has 0 aliphatic heterocycles. The van der Waals surface area contributed by atoms with E-state index in [-0.39, 0.29) is 36.9 Å². The van der Waals surface area contributed by atoms with E-state index < -0.39 is 0 Å². The molecule has 0 atom stereocenters. The van der Waals surface area contributed by atoms with Crippen molar-refractivity contribution < 1.29 is 9.53 Å². The molecule has 0 heterocycles. The van der Waals surface area contributed by atoms with Crippen LogP contribution in [0.25, 0.3) is 0 Å². The highest BCUT2D eigenvalue weighted by Gasteiger charge is 2.16. The Bertz CT molecular complexity index is 665. The molecular weight excluding hydrogens is 418 g/mol. The highest BCUT2D eigenvalue weighted by molar-refractivity contribution is 9.10. The molecule has 0 bridgehead atoms. The quantitative estimate of drug-likeness (QED) is 0.420. The molecule has 0 spiro atoms. The predicted molar refractivity (Wildman–Crippen MR) is 111 cm³/mol. The molecule has 1 aromatic carbocycles. The average Bonchev–Trinajstić information content (AvgIpc) is 2.56. The maximum atomic E-state index is 12.5. The lowest BCUT2D eigenvalue weighted by Crippen LogP contribution is -2.38. The van der Waals surface area contributed by atoms with Gasteiger partial charge in [-0.25, -0.2) is 4.99 Å². The lowest BCUT2D eigenvalue weighted by molar-refractivity contribution is 0.0973. The lowest BCUT2D eigenvalue weighted by Gasteiger charge is -2.17. The minimum Gasteiger partial charge on any atom is -0.480 e. The van der Waals surface area contributed by atoms with Crippen LogP contribution in [0.2, 0.25) is 0 Å². The van der Waals surface area contributed by atoms with Gasteiger partial charge in [0.2, 0.25) is 0 Å². The summed E-state index contributed by atoms with van der Waals surface area (Å²) in [6.45, 7) is 0.0908. The van der Waals surface area contributed by atoms with Crippen LogP contribution in [0.15, 0.2) is 27.7 Å². The number of hydrogen-bond donors (Lipinski definition) is 2. The van der Waals surface area contributed by atoms with Crippen molar-refractivity contribution >= 4 is 40.2 Å². The Morgan fingerprint density at radius 2 is 1.96 bits per heavy atom. The van der Waals surface area contributed by atoms with Gasteiger partial charge in [0.05, 0.1) is 11.6 Å². The van der Waals surface area contributed by atoms with Gasteiger partial charge in [0.25, 0.3) is 5.91 Å². The minimum absolute atomic E-state index is 0. The molecule has 142 valence electrons. The molecular formula is C19H25BrClN3O2. The van der Waals surface area contributed by atoms with Gasteiger partial charge in [-0.05, 0) is 31.0 Å². The van der Waals surface area contributed by atoms with E-state index >= 15 is 0 Å². The summed E-state index contributed by atoms with van der Waals surface area (Å²) in [7, 11) is 0. The first-order valence-electron chi connectivity index (χ1n) is 8.60. The first-order valence-corrected chi connectivity index (χ1v) is 9.40. The maximum absolute atomic E-state index is 12.5. The van der Waals surface area contributed by atoms with Crippen LogP contribution >= 0.6 is 28.3 Å². The van der Waals surface area contributed by atoms with Crippen LogP contribution in [-0.4, -0.2) is 24.5 Å². The van der Waals surface area contributed by atoms with Crippen LogP contribution in [0.1, 0.15) is 55.3 Å². The van der Waals surface area contributed by atoms with Gasteiger partial charge in [-0.2, -0.15) is 0 Å². The van der Waals surface area contributed by atoms with Crippen molar-refractivity contribution in [2.45, 2.75) is 51.0 Å². The number of rotatable bonds is 4. The molecule has 1 fully saturated rings. The summed E-state index contributed by atoms with van der Waals surface area (Å²) in [4.78, 5) is 17.0. The third kappa shape index (κ3) is 7.27. The second-order valence-corrected chi connectivity index (χ2v) is 7.02. The Labute approximate surface area is 169 Å². The van der Waals surface area contributed by atoms with Crippen LogP contribution in [0.5, 0.6) is 5.75 Å². The smallest absolute Gasteiger partial charge is 0.261 e. The zero-order valence-corrected chi connectivity index (χ0v) is 17.1. The fourth-order valence-electron chi connectivity index (χ4n) is 2.90. The van der Waals surface area contributed by atoms with E-state index in [9.17, 15) is 4.79 Å². The third-order valence-electron chi connectivity index (χ3n) is 4.14. The van der Waals surface area contributed by atoms with E-state index in [1.54, 1.807) is 18.2 Å². The number of hydrogen-bond acceptors (Lipinski definition) is 3. The number of terminal acetylenes is 1. The Morgan fingerprint density at radius 1 is 1.31 bits per heavy atom. The van der Waals surface area contributed by atoms with Crippen LogP contribution in [0.3, 0.4) is 0 Å². The number of aliphatic imine (C=N–C) groups is 1. The van der Waals surface area contributed by atoms with E-state index in [2.05, 4.69) is 32.2 Å². The highest BCUT2D eigenvalue weighted by Crippen LogP contribution is 2.23. The van der Waals surface area contributed by atoms with Gasteiger partial charge < -0.3 is 10.5 Å². The van der Waals surface area contributed by atoms with Gasteiger partial charge in [0.15, 0.2) is 5.96 Å². The van der Waals surface area contributed by atoms with E-state index in [1.165, 1.54) is 19.3 Å². The molecule has 26 heavy (non-hydrogen) atoms. The zero-order valence-electron chi connectivity index (χ0n) is 14.7. The Kier molecular flexibility index (Phi) is 10.2. The molecule has 0 aromatic heterocycles. The second kappa shape index (κ2) is 11.8. The van der Waals surface area contributed by atoms with Crippen molar-refractivity contribution in [2.75, 3.05) is 6.61 Å². The molecule has 0 saturated heterocycles. The molecule has 0 radical (unpaired) electrons. The first kappa shape index (κ1) is 22.3. The number of amides is 1. The van der Waals surface area contributed by atoms with Gasteiger partial charge in [-0.3, -0.25) is 10.1 Å². The van der Waals surface area contributed by atoms with Crippen LogP contribution in [0, 0.1) is 12.3 Å². The molecule has 1 aliphatic carbocycles. The lowest BCUT2D eigenvalue weighted by atomic mass is 9.97. The third-order valence-corrected chi connectivity index (χ3v) is 4.63. The molecule has 1 saturated carbocycles. The number of nitrogens with two attached hydrogens (primary N) is 1. The topological polar surface area (TPSA) is 76.7 Å². The summed E-state index contributed by atoms with van der Waals surface area (Å²) in [6, 6.07) is 5.33. The monoisotopic (exact) mass is 441 g/mol. The van der Waals surface area contributed by atoms with Gasteiger partial charge in [0, 0.05) is 4.47 Å². The fourth-order valence-corrected chi connectivity index (χ4v) is 3.26. The van der Waals surface area contributed by atoms with Crippen molar-refractivity contribution in [2.24, 2.45) is 10.7 Å². The van der Waals surface area contributed by atoms with Crippen molar-refractivity contribution in [1.29, 1.82) is 0 Å². The predicted octanol–water partition coefficient (Wildman–Crippen LogP) is 4.04. The van der Waals surface area contributed by atoms with Crippen LogP contribution < -0.4 is 15.8 Å².